The number of hydrogen-bond acceptors (Lipinski definition) is 2. The van der Waals surface area contributed by atoms with Crippen molar-refractivity contribution in [3.63, 3.8) is 0 Å². The zero-order valence-electron chi connectivity index (χ0n) is 17.1. The van der Waals surface area contributed by atoms with Crippen molar-refractivity contribution in [1.29, 1.82) is 0 Å². The summed E-state index contributed by atoms with van der Waals surface area (Å²) in [4.78, 5) is 25.7. The first-order valence-corrected chi connectivity index (χ1v) is 10.3. The molecule has 0 aliphatic heterocycles. The number of rotatable bonds is 6. The fourth-order valence-corrected chi connectivity index (χ4v) is 3.77. The van der Waals surface area contributed by atoms with E-state index in [9.17, 15) is 14.0 Å². The first-order chi connectivity index (χ1) is 13.9. The van der Waals surface area contributed by atoms with Gasteiger partial charge in [-0.1, -0.05) is 43.3 Å². The lowest BCUT2D eigenvalue weighted by atomic mass is 9.82. The lowest BCUT2D eigenvalue weighted by Gasteiger charge is -2.27. The summed E-state index contributed by atoms with van der Waals surface area (Å²) in [5.41, 5.74) is 1.86. The van der Waals surface area contributed by atoms with Crippen LogP contribution in [-0.2, 0) is 16.0 Å². The zero-order valence-corrected chi connectivity index (χ0v) is 17.1. The molecule has 3 rings (SSSR count). The van der Waals surface area contributed by atoms with E-state index in [1.165, 1.54) is 6.07 Å². The quantitative estimate of drug-likeness (QED) is 0.748. The average molecular weight is 397 g/mol. The Labute approximate surface area is 171 Å². The van der Waals surface area contributed by atoms with Crippen molar-refractivity contribution >= 4 is 17.5 Å². The van der Waals surface area contributed by atoms with E-state index in [1.807, 2.05) is 30.3 Å². The minimum atomic E-state index is -0.714. The third-order valence-electron chi connectivity index (χ3n) is 5.74. The molecule has 0 aromatic heterocycles. The van der Waals surface area contributed by atoms with Crippen molar-refractivity contribution in [2.45, 2.75) is 52.0 Å². The molecule has 2 aromatic rings. The van der Waals surface area contributed by atoms with E-state index >= 15 is 0 Å². The van der Waals surface area contributed by atoms with Gasteiger partial charge in [0.05, 0.1) is 0 Å². The van der Waals surface area contributed by atoms with Crippen LogP contribution in [0.3, 0.4) is 0 Å². The van der Waals surface area contributed by atoms with Gasteiger partial charge in [0.2, 0.25) is 11.8 Å². The van der Waals surface area contributed by atoms with Crippen molar-refractivity contribution in [3.05, 3.63) is 65.5 Å². The maximum Gasteiger partial charge on any atom is 0.247 e. The third kappa shape index (κ3) is 5.89. The molecule has 154 valence electrons. The Kier molecular flexibility index (Phi) is 7.02. The van der Waals surface area contributed by atoms with Crippen LogP contribution in [0.25, 0.3) is 0 Å². The summed E-state index contributed by atoms with van der Waals surface area (Å²) in [5, 5.41) is 5.70. The van der Waals surface area contributed by atoms with Crippen LogP contribution >= 0.6 is 0 Å². The predicted octanol–water partition coefficient (Wildman–Crippen LogP) is 4.63. The fraction of sp³-hybridized carbons (Fsp3) is 0.417. The van der Waals surface area contributed by atoms with Crippen LogP contribution in [0.2, 0.25) is 0 Å². The van der Waals surface area contributed by atoms with E-state index in [1.54, 1.807) is 19.1 Å². The summed E-state index contributed by atoms with van der Waals surface area (Å²) < 4.78 is 13.8. The molecule has 2 amide bonds. The van der Waals surface area contributed by atoms with Crippen LogP contribution in [0, 0.1) is 24.6 Å². The molecule has 5 heteroatoms. The molecular weight excluding hydrogens is 367 g/mol. The van der Waals surface area contributed by atoms with Gasteiger partial charge in [-0.3, -0.25) is 9.59 Å². The van der Waals surface area contributed by atoms with Gasteiger partial charge in [0, 0.05) is 18.0 Å². The van der Waals surface area contributed by atoms with Gasteiger partial charge in [-0.25, -0.2) is 4.39 Å². The summed E-state index contributed by atoms with van der Waals surface area (Å²) in [5.74, 6) is -0.173. The lowest BCUT2D eigenvalue weighted by Crippen LogP contribution is -2.47. The molecule has 1 aliphatic rings. The molecule has 1 aliphatic carbocycles. The van der Waals surface area contributed by atoms with Crippen LogP contribution in [0.4, 0.5) is 10.1 Å². The molecule has 2 aromatic carbocycles. The van der Waals surface area contributed by atoms with Gasteiger partial charge in [-0.2, -0.15) is 0 Å². The van der Waals surface area contributed by atoms with Crippen LogP contribution in [0.5, 0.6) is 0 Å². The number of carbonyl (C=O) groups excluding carboxylic acids is 2. The number of anilines is 1. The van der Waals surface area contributed by atoms with Gasteiger partial charge in [-0.15, -0.1) is 0 Å². The van der Waals surface area contributed by atoms with E-state index in [0.29, 0.717) is 23.6 Å². The van der Waals surface area contributed by atoms with Gasteiger partial charge in [0.1, 0.15) is 11.9 Å². The number of benzene rings is 2. The maximum atomic E-state index is 13.8. The number of hydrogen-bond donors (Lipinski definition) is 2. The Morgan fingerprint density at radius 3 is 2.41 bits per heavy atom. The highest BCUT2D eigenvalue weighted by Crippen LogP contribution is 2.28. The number of halogens is 1. The van der Waals surface area contributed by atoms with E-state index in [4.69, 9.17) is 0 Å². The molecule has 0 bridgehead atoms. The summed E-state index contributed by atoms with van der Waals surface area (Å²) >= 11 is 0. The van der Waals surface area contributed by atoms with E-state index in [2.05, 4.69) is 17.6 Å². The van der Waals surface area contributed by atoms with Gasteiger partial charge < -0.3 is 10.6 Å². The Morgan fingerprint density at radius 2 is 1.76 bits per heavy atom. The van der Waals surface area contributed by atoms with Crippen molar-refractivity contribution in [2.24, 2.45) is 11.8 Å². The Morgan fingerprint density at radius 1 is 1.07 bits per heavy atom. The van der Waals surface area contributed by atoms with Gasteiger partial charge in [-0.05, 0) is 61.8 Å². The SMILES string of the molecule is Cc1ccc(NC(=O)C(Cc2ccccc2)NC(=O)C2CCC(C)CC2)cc1F. The molecule has 0 radical (unpaired) electrons. The number of aryl methyl sites for hydroxylation is 1. The van der Waals surface area contributed by atoms with Crippen molar-refractivity contribution in [2.75, 3.05) is 5.32 Å². The molecule has 0 saturated heterocycles. The summed E-state index contributed by atoms with van der Waals surface area (Å²) in [6.07, 6.45) is 4.17. The minimum Gasteiger partial charge on any atom is -0.344 e. The smallest absolute Gasteiger partial charge is 0.247 e. The molecule has 1 saturated carbocycles. The first kappa shape index (κ1) is 21.0. The largest absolute Gasteiger partial charge is 0.344 e. The van der Waals surface area contributed by atoms with Crippen LogP contribution < -0.4 is 10.6 Å². The molecule has 0 spiro atoms. The second-order valence-electron chi connectivity index (χ2n) is 8.16. The topological polar surface area (TPSA) is 58.2 Å². The molecule has 29 heavy (non-hydrogen) atoms. The number of nitrogens with one attached hydrogen (secondary N) is 2. The molecule has 0 heterocycles. The highest BCUT2D eigenvalue weighted by atomic mass is 19.1. The molecule has 2 N–H and O–H groups in total. The summed E-state index contributed by atoms with van der Waals surface area (Å²) in [7, 11) is 0. The van der Waals surface area contributed by atoms with Gasteiger partial charge >= 0.3 is 0 Å². The summed E-state index contributed by atoms with van der Waals surface area (Å²) in [6.45, 7) is 3.88. The highest BCUT2D eigenvalue weighted by Gasteiger charge is 2.28. The lowest BCUT2D eigenvalue weighted by molar-refractivity contribution is -0.130. The Bertz CT molecular complexity index is 845. The molecule has 1 atom stereocenters. The number of carbonyl (C=O) groups is 2. The molecule has 4 nitrogen and oxygen atoms in total. The standard InChI is InChI=1S/C24H29FN2O2/c1-16-8-11-19(12-9-16)23(28)27-22(14-18-6-4-3-5-7-18)24(29)26-20-13-10-17(2)21(25)15-20/h3-7,10,13,15-16,19,22H,8-9,11-12,14H2,1-2H3,(H,26,29)(H,27,28). The van der Waals surface area contributed by atoms with Gasteiger partial charge in [0.25, 0.3) is 0 Å². The minimum absolute atomic E-state index is 0.0471. The second kappa shape index (κ2) is 9.68. The van der Waals surface area contributed by atoms with Crippen molar-refractivity contribution in [3.8, 4) is 0 Å². The number of amides is 2. The monoisotopic (exact) mass is 396 g/mol. The first-order valence-electron chi connectivity index (χ1n) is 10.3. The van der Waals surface area contributed by atoms with Crippen LogP contribution in [0.1, 0.15) is 43.7 Å². The fourth-order valence-electron chi connectivity index (χ4n) is 3.77. The summed E-state index contributed by atoms with van der Waals surface area (Å²) in [6, 6.07) is 13.5. The molecule has 1 fully saturated rings. The highest BCUT2D eigenvalue weighted by molar-refractivity contribution is 5.97. The normalized spacial score (nSPS) is 20.0. The second-order valence-corrected chi connectivity index (χ2v) is 8.16. The molecular formula is C24H29FN2O2. The zero-order chi connectivity index (χ0) is 20.8. The average Bonchev–Trinajstić information content (AvgIpc) is 2.71. The van der Waals surface area contributed by atoms with Crippen LogP contribution in [-0.4, -0.2) is 17.9 Å². The Hall–Kier alpha value is -2.69. The maximum absolute atomic E-state index is 13.8. The van der Waals surface area contributed by atoms with Crippen molar-refractivity contribution < 1.29 is 14.0 Å². The predicted molar refractivity (Wildman–Crippen MR) is 113 cm³/mol. The van der Waals surface area contributed by atoms with E-state index in [0.717, 1.165) is 31.2 Å². The molecule has 1 unspecified atom stereocenters. The van der Waals surface area contributed by atoms with E-state index < -0.39 is 6.04 Å². The van der Waals surface area contributed by atoms with Crippen LogP contribution in [0.15, 0.2) is 48.5 Å². The third-order valence-corrected chi connectivity index (χ3v) is 5.74. The van der Waals surface area contributed by atoms with Gasteiger partial charge in [0.15, 0.2) is 0 Å². The van der Waals surface area contributed by atoms with E-state index in [-0.39, 0.29) is 23.5 Å². The van der Waals surface area contributed by atoms with Crippen molar-refractivity contribution in [1.82, 2.24) is 5.32 Å². The Balaban J connectivity index is 1.72.